The normalized spacial score (nSPS) is 17.4. The van der Waals surface area contributed by atoms with Gasteiger partial charge in [-0.3, -0.25) is 0 Å². The Morgan fingerprint density at radius 1 is 1.35 bits per heavy atom. The number of methoxy groups -OCH3 is 1. The third-order valence-corrected chi connectivity index (χ3v) is 5.34. The number of nitrogens with zero attached hydrogens (tertiary/aromatic N) is 2. The van der Waals surface area contributed by atoms with Crippen LogP contribution in [0.25, 0.3) is 0 Å². The molecule has 4 nitrogen and oxygen atoms in total. The Morgan fingerprint density at radius 2 is 1.95 bits per heavy atom. The topological polar surface area (TPSA) is 42.4 Å². The Balaban J connectivity index is 2.06. The summed E-state index contributed by atoms with van der Waals surface area (Å²) in [6.45, 7) is 10.9. The van der Waals surface area contributed by atoms with Crippen molar-refractivity contribution in [2.75, 3.05) is 25.1 Å². The standard InChI is InChI=1S/C15H24N2O2S/c1-10-12(13(18)19-5)20-14(16-10)17-8-6-11(7-9-17)15(2,3)4/h11H,6-9H2,1-5H3. The largest absolute Gasteiger partial charge is 0.465 e. The van der Waals surface area contributed by atoms with Crippen LogP contribution in [0.4, 0.5) is 5.13 Å². The zero-order valence-corrected chi connectivity index (χ0v) is 13.8. The van der Waals surface area contributed by atoms with Gasteiger partial charge in [-0.1, -0.05) is 32.1 Å². The molecule has 1 aliphatic heterocycles. The van der Waals surface area contributed by atoms with E-state index >= 15 is 0 Å². The maximum absolute atomic E-state index is 11.6. The van der Waals surface area contributed by atoms with Gasteiger partial charge in [0.15, 0.2) is 5.13 Å². The molecular formula is C15H24N2O2S. The second-order valence-electron chi connectivity index (χ2n) is 6.53. The Kier molecular flexibility index (Phi) is 4.37. The fraction of sp³-hybridized carbons (Fsp3) is 0.733. The maximum atomic E-state index is 11.6. The molecule has 20 heavy (non-hydrogen) atoms. The highest BCUT2D eigenvalue weighted by Crippen LogP contribution is 2.36. The van der Waals surface area contributed by atoms with E-state index in [0.717, 1.165) is 29.8 Å². The van der Waals surface area contributed by atoms with Gasteiger partial charge in [0.05, 0.1) is 12.8 Å². The fourth-order valence-corrected chi connectivity index (χ4v) is 3.77. The van der Waals surface area contributed by atoms with E-state index in [0.29, 0.717) is 10.3 Å². The summed E-state index contributed by atoms with van der Waals surface area (Å²) in [6.07, 6.45) is 2.38. The van der Waals surface area contributed by atoms with Gasteiger partial charge in [-0.05, 0) is 31.1 Å². The van der Waals surface area contributed by atoms with Crippen LogP contribution in [0.2, 0.25) is 0 Å². The van der Waals surface area contributed by atoms with Gasteiger partial charge < -0.3 is 9.64 Å². The number of esters is 1. The number of thiazole rings is 1. The Labute approximate surface area is 125 Å². The monoisotopic (exact) mass is 296 g/mol. The molecule has 0 aromatic carbocycles. The average molecular weight is 296 g/mol. The minimum absolute atomic E-state index is 0.282. The lowest BCUT2D eigenvalue weighted by atomic mass is 9.75. The number of anilines is 1. The average Bonchev–Trinajstić information content (AvgIpc) is 2.79. The molecule has 1 aliphatic rings. The van der Waals surface area contributed by atoms with Crippen molar-refractivity contribution >= 4 is 22.4 Å². The van der Waals surface area contributed by atoms with Crippen molar-refractivity contribution in [3.63, 3.8) is 0 Å². The minimum Gasteiger partial charge on any atom is -0.465 e. The van der Waals surface area contributed by atoms with Crippen LogP contribution < -0.4 is 4.90 Å². The van der Waals surface area contributed by atoms with Gasteiger partial charge in [0, 0.05) is 13.1 Å². The lowest BCUT2D eigenvalue weighted by Gasteiger charge is -2.38. The number of ether oxygens (including phenoxy) is 1. The van der Waals surface area contributed by atoms with E-state index in [2.05, 4.69) is 30.7 Å². The van der Waals surface area contributed by atoms with Crippen molar-refractivity contribution in [3.8, 4) is 0 Å². The van der Waals surface area contributed by atoms with Crippen LogP contribution in [-0.2, 0) is 4.74 Å². The molecule has 1 aromatic heterocycles. The molecule has 2 heterocycles. The quantitative estimate of drug-likeness (QED) is 0.783. The molecule has 0 amide bonds. The third kappa shape index (κ3) is 3.14. The van der Waals surface area contributed by atoms with Gasteiger partial charge in [0.1, 0.15) is 4.88 Å². The summed E-state index contributed by atoms with van der Waals surface area (Å²) in [5.74, 6) is 0.482. The number of carbonyl (C=O) groups excluding carboxylic acids is 1. The summed E-state index contributed by atoms with van der Waals surface area (Å²) in [6, 6.07) is 0. The number of hydrogen-bond donors (Lipinski definition) is 0. The number of aromatic nitrogens is 1. The van der Waals surface area contributed by atoms with Crippen molar-refractivity contribution in [3.05, 3.63) is 10.6 Å². The number of carbonyl (C=O) groups is 1. The van der Waals surface area contributed by atoms with Gasteiger partial charge in [-0.15, -0.1) is 0 Å². The SMILES string of the molecule is COC(=O)c1sc(N2CCC(C(C)(C)C)CC2)nc1C. The van der Waals surface area contributed by atoms with Gasteiger partial charge in [0.2, 0.25) is 0 Å². The Bertz CT molecular complexity index is 483. The van der Waals surface area contributed by atoms with E-state index in [1.165, 1.54) is 31.3 Å². The number of piperidine rings is 1. The van der Waals surface area contributed by atoms with Crippen molar-refractivity contribution in [2.45, 2.75) is 40.5 Å². The predicted molar refractivity (Wildman–Crippen MR) is 82.6 cm³/mol. The first-order valence-corrected chi connectivity index (χ1v) is 7.95. The Hall–Kier alpha value is -1.10. The van der Waals surface area contributed by atoms with Crippen molar-refractivity contribution < 1.29 is 9.53 Å². The first-order chi connectivity index (χ1) is 9.32. The molecule has 0 unspecified atom stereocenters. The van der Waals surface area contributed by atoms with Crippen molar-refractivity contribution in [1.29, 1.82) is 0 Å². The number of aryl methyl sites for hydroxylation is 1. The second-order valence-corrected chi connectivity index (χ2v) is 7.51. The first-order valence-electron chi connectivity index (χ1n) is 7.13. The molecule has 1 saturated heterocycles. The summed E-state index contributed by atoms with van der Waals surface area (Å²) in [4.78, 5) is 19.1. The maximum Gasteiger partial charge on any atom is 0.350 e. The second kappa shape index (κ2) is 5.72. The van der Waals surface area contributed by atoms with E-state index in [-0.39, 0.29) is 5.97 Å². The van der Waals surface area contributed by atoms with E-state index in [1.54, 1.807) is 0 Å². The Morgan fingerprint density at radius 3 is 2.45 bits per heavy atom. The summed E-state index contributed by atoms with van der Waals surface area (Å²) >= 11 is 1.45. The molecule has 0 atom stereocenters. The molecule has 0 N–H and O–H groups in total. The van der Waals surface area contributed by atoms with E-state index < -0.39 is 0 Å². The smallest absolute Gasteiger partial charge is 0.350 e. The molecule has 0 saturated carbocycles. The molecule has 1 aromatic rings. The first kappa shape index (κ1) is 15.3. The van der Waals surface area contributed by atoms with Gasteiger partial charge in [-0.2, -0.15) is 0 Å². The van der Waals surface area contributed by atoms with Crippen molar-refractivity contribution in [2.24, 2.45) is 11.3 Å². The summed E-state index contributed by atoms with van der Waals surface area (Å²) in [5.41, 5.74) is 1.15. The fourth-order valence-electron chi connectivity index (χ4n) is 2.74. The molecule has 0 bridgehead atoms. The molecule has 5 heteroatoms. The molecule has 0 aliphatic carbocycles. The molecular weight excluding hydrogens is 272 g/mol. The van der Waals surface area contributed by atoms with Gasteiger partial charge >= 0.3 is 5.97 Å². The third-order valence-electron chi connectivity index (χ3n) is 4.15. The van der Waals surface area contributed by atoms with Crippen LogP contribution in [0.15, 0.2) is 0 Å². The van der Waals surface area contributed by atoms with Crippen LogP contribution in [0.5, 0.6) is 0 Å². The van der Waals surface area contributed by atoms with Crippen LogP contribution in [0.1, 0.15) is 49.0 Å². The minimum atomic E-state index is -0.282. The van der Waals surface area contributed by atoms with Crippen LogP contribution in [0, 0.1) is 18.3 Å². The number of hydrogen-bond acceptors (Lipinski definition) is 5. The lowest BCUT2D eigenvalue weighted by Crippen LogP contribution is -2.37. The zero-order valence-electron chi connectivity index (χ0n) is 13.0. The van der Waals surface area contributed by atoms with Gasteiger partial charge in [0.25, 0.3) is 0 Å². The van der Waals surface area contributed by atoms with Crippen LogP contribution >= 0.6 is 11.3 Å². The highest BCUT2D eigenvalue weighted by molar-refractivity contribution is 7.17. The molecule has 2 rings (SSSR count). The van der Waals surface area contributed by atoms with E-state index in [4.69, 9.17) is 4.74 Å². The van der Waals surface area contributed by atoms with Crippen LogP contribution in [0.3, 0.4) is 0 Å². The van der Waals surface area contributed by atoms with E-state index in [1.807, 2.05) is 6.92 Å². The predicted octanol–water partition coefficient (Wildman–Crippen LogP) is 3.50. The lowest BCUT2D eigenvalue weighted by molar-refractivity contribution is 0.0605. The molecule has 112 valence electrons. The summed E-state index contributed by atoms with van der Waals surface area (Å²) in [7, 11) is 1.41. The highest BCUT2D eigenvalue weighted by atomic mass is 32.1. The van der Waals surface area contributed by atoms with Gasteiger partial charge in [-0.25, -0.2) is 9.78 Å². The summed E-state index contributed by atoms with van der Waals surface area (Å²) in [5, 5.41) is 0.954. The summed E-state index contributed by atoms with van der Waals surface area (Å²) < 4.78 is 4.79. The number of rotatable bonds is 2. The molecule has 0 spiro atoms. The molecule has 0 radical (unpaired) electrons. The molecule has 1 fully saturated rings. The van der Waals surface area contributed by atoms with Crippen LogP contribution in [-0.4, -0.2) is 31.2 Å². The zero-order chi connectivity index (χ0) is 14.9. The van der Waals surface area contributed by atoms with Crippen molar-refractivity contribution in [1.82, 2.24) is 4.98 Å². The van der Waals surface area contributed by atoms with E-state index in [9.17, 15) is 4.79 Å². The highest BCUT2D eigenvalue weighted by Gasteiger charge is 2.30.